The lowest BCUT2D eigenvalue weighted by atomic mass is 10.0. The van der Waals surface area contributed by atoms with E-state index in [0.29, 0.717) is 35.2 Å². The number of alkyl carbamates (subject to hydrolysis) is 1. The van der Waals surface area contributed by atoms with Crippen LogP contribution >= 0.6 is 0 Å². The lowest BCUT2D eigenvalue weighted by molar-refractivity contribution is 0.0499. The van der Waals surface area contributed by atoms with E-state index in [1.54, 1.807) is 49.6 Å². The summed E-state index contributed by atoms with van der Waals surface area (Å²) in [6, 6.07) is 17.8. The van der Waals surface area contributed by atoms with E-state index in [1.807, 2.05) is 51.1 Å². The smallest absolute Gasteiger partial charge is 0.412 e. The van der Waals surface area contributed by atoms with Crippen molar-refractivity contribution in [3.8, 4) is 0 Å². The van der Waals surface area contributed by atoms with Gasteiger partial charge in [0.05, 0.1) is 34.9 Å². The lowest BCUT2D eigenvalue weighted by Crippen LogP contribution is -2.49. The van der Waals surface area contributed by atoms with Crippen molar-refractivity contribution in [3.63, 3.8) is 0 Å². The van der Waals surface area contributed by atoms with Crippen LogP contribution in [0.1, 0.15) is 68.3 Å². The number of hydrogen-bond donors (Lipinski definition) is 4. The Morgan fingerprint density at radius 2 is 1.81 bits per heavy atom. The van der Waals surface area contributed by atoms with Gasteiger partial charge in [-0.2, -0.15) is 0 Å². The van der Waals surface area contributed by atoms with Gasteiger partial charge in [-0.05, 0) is 69.9 Å². The summed E-state index contributed by atoms with van der Waals surface area (Å²) in [4.78, 5) is 50.1. The minimum atomic E-state index is -0.747. The number of rotatable bonds is 8. The number of nitrogens with one attached hydrogen (secondary N) is 3. The Labute approximate surface area is 273 Å². The molecule has 0 radical (unpaired) electrons. The molecule has 1 aliphatic heterocycles. The predicted molar refractivity (Wildman–Crippen MR) is 179 cm³/mol. The number of nitrogens with zero attached hydrogens (tertiary/aromatic N) is 3. The monoisotopic (exact) mass is 640 g/mol. The molecular formula is C35H40N6O6. The van der Waals surface area contributed by atoms with Crippen LogP contribution in [-0.4, -0.2) is 57.9 Å². The first-order chi connectivity index (χ1) is 22.4. The molecule has 0 bridgehead atoms. The van der Waals surface area contributed by atoms with Crippen LogP contribution < -0.4 is 20.9 Å². The summed E-state index contributed by atoms with van der Waals surface area (Å²) in [6.45, 7) is 8.35. The predicted octanol–water partition coefficient (Wildman–Crippen LogP) is 6.18. The number of piperidine rings is 1. The number of benzene rings is 2. The first kappa shape index (κ1) is 33.1. The van der Waals surface area contributed by atoms with Crippen molar-refractivity contribution < 1.29 is 29.0 Å². The number of pyridine rings is 2. The van der Waals surface area contributed by atoms with E-state index >= 15 is 0 Å². The molecule has 1 fully saturated rings. The number of carbonyl (C=O) groups excluding carboxylic acids is 3. The van der Waals surface area contributed by atoms with Crippen molar-refractivity contribution in [2.24, 2.45) is 0 Å². The zero-order valence-corrected chi connectivity index (χ0v) is 26.9. The summed E-state index contributed by atoms with van der Waals surface area (Å²) < 4.78 is 10.9. The average molecular weight is 641 g/mol. The molecule has 246 valence electrons. The minimum Gasteiger partial charge on any atom is -0.444 e. The second-order valence-corrected chi connectivity index (χ2v) is 12.5. The zero-order valence-electron chi connectivity index (χ0n) is 26.9. The molecule has 3 heterocycles. The Hall–Kier alpha value is -5.23. The standard InChI is InChI=1S/C35H40N6O6/c1-22(42)24-12-13-25-18-28(40-33(44)46-21-23-9-6-5-7-10-23)31(38-27(25)17-24)32(43)39-29-19-36-15-14-30(29)41-16-8-11-26(20-41)37-34(45)47-35(2,3)4/h5-7,9-10,12-15,17-19,22,26,42H,8,11,16,20-21H2,1-4H3,(H,37,45)(H,39,43)(H,40,44). The van der Waals surface area contributed by atoms with Crippen LogP contribution in [0.4, 0.5) is 26.7 Å². The molecule has 0 saturated carbocycles. The van der Waals surface area contributed by atoms with Crippen molar-refractivity contribution >= 4 is 46.1 Å². The fraction of sp³-hybridized carbons (Fsp3) is 0.343. The molecule has 12 heteroatoms. The van der Waals surface area contributed by atoms with Gasteiger partial charge in [-0.25, -0.2) is 14.6 Å². The van der Waals surface area contributed by atoms with Crippen LogP contribution in [-0.2, 0) is 16.1 Å². The zero-order chi connectivity index (χ0) is 33.6. The van der Waals surface area contributed by atoms with Crippen LogP contribution in [0.3, 0.4) is 0 Å². The number of aliphatic hydroxyl groups is 1. The highest BCUT2D eigenvalue weighted by atomic mass is 16.6. The van der Waals surface area contributed by atoms with E-state index in [2.05, 4.69) is 30.8 Å². The molecule has 2 atom stereocenters. The van der Waals surface area contributed by atoms with Gasteiger partial charge in [0, 0.05) is 30.7 Å². The third kappa shape index (κ3) is 8.95. The van der Waals surface area contributed by atoms with Gasteiger partial charge in [-0.15, -0.1) is 0 Å². The Morgan fingerprint density at radius 3 is 2.55 bits per heavy atom. The summed E-state index contributed by atoms with van der Waals surface area (Å²) in [5.41, 5.74) is 2.57. The van der Waals surface area contributed by atoms with Gasteiger partial charge < -0.3 is 30.1 Å². The highest BCUT2D eigenvalue weighted by Crippen LogP contribution is 2.30. The van der Waals surface area contributed by atoms with Crippen LogP contribution in [0.15, 0.2) is 73.1 Å². The van der Waals surface area contributed by atoms with Crippen LogP contribution in [0.25, 0.3) is 10.9 Å². The number of aliphatic hydroxyl groups excluding tert-OH is 1. The molecule has 4 N–H and O–H groups in total. The Morgan fingerprint density at radius 1 is 1.02 bits per heavy atom. The van der Waals surface area contributed by atoms with Crippen molar-refractivity contribution in [1.82, 2.24) is 15.3 Å². The Kier molecular flexibility index (Phi) is 10.2. The first-order valence-corrected chi connectivity index (χ1v) is 15.6. The average Bonchev–Trinajstić information content (AvgIpc) is 3.03. The fourth-order valence-electron chi connectivity index (χ4n) is 5.31. The second kappa shape index (κ2) is 14.5. The maximum atomic E-state index is 13.9. The van der Waals surface area contributed by atoms with E-state index < -0.39 is 29.8 Å². The van der Waals surface area contributed by atoms with Gasteiger partial charge in [-0.1, -0.05) is 42.5 Å². The van der Waals surface area contributed by atoms with Crippen LogP contribution in [0, 0.1) is 0 Å². The molecule has 0 aliphatic carbocycles. The number of fused-ring (bicyclic) bond motifs is 1. The van der Waals surface area contributed by atoms with Gasteiger partial charge in [0.15, 0.2) is 5.69 Å². The number of anilines is 3. The summed E-state index contributed by atoms with van der Waals surface area (Å²) in [6.07, 6.45) is 2.82. The number of carbonyl (C=O) groups is 3. The van der Waals surface area contributed by atoms with Gasteiger partial charge in [-0.3, -0.25) is 15.1 Å². The molecule has 1 aliphatic rings. The van der Waals surface area contributed by atoms with E-state index in [1.165, 1.54) is 0 Å². The first-order valence-electron chi connectivity index (χ1n) is 15.6. The van der Waals surface area contributed by atoms with Crippen molar-refractivity contribution in [1.29, 1.82) is 0 Å². The lowest BCUT2D eigenvalue weighted by Gasteiger charge is -2.35. The molecule has 2 aromatic carbocycles. The van der Waals surface area contributed by atoms with Gasteiger partial charge in [0.2, 0.25) is 0 Å². The van der Waals surface area contributed by atoms with Gasteiger partial charge in [0.25, 0.3) is 5.91 Å². The maximum absolute atomic E-state index is 13.9. The SMILES string of the molecule is CC(O)c1ccc2cc(NC(=O)OCc3ccccc3)c(C(=O)Nc3cnccc3N3CCCC(NC(=O)OC(C)(C)C)C3)nc2c1. The van der Waals surface area contributed by atoms with Crippen molar-refractivity contribution in [3.05, 3.63) is 89.9 Å². The molecular weight excluding hydrogens is 600 g/mol. The molecule has 2 unspecified atom stereocenters. The van der Waals surface area contributed by atoms with E-state index in [4.69, 9.17) is 9.47 Å². The third-order valence-corrected chi connectivity index (χ3v) is 7.52. The van der Waals surface area contributed by atoms with E-state index in [9.17, 15) is 19.5 Å². The quantitative estimate of drug-likeness (QED) is 0.177. The summed E-state index contributed by atoms with van der Waals surface area (Å²) >= 11 is 0. The molecule has 4 aromatic rings. The number of aromatic nitrogens is 2. The van der Waals surface area contributed by atoms with Crippen molar-refractivity contribution in [2.45, 2.75) is 64.9 Å². The second-order valence-electron chi connectivity index (χ2n) is 12.5. The number of hydrogen-bond acceptors (Lipinski definition) is 9. The van der Waals surface area contributed by atoms with Crippen LogP contribution in [0.2, 0.25) is 0 Å². The highest BCUT2D eigenvalue weighted by molar-refractivity contribution is 6.11. The maximum Gasteiger partial charge on any atom is 0.412 e. The molecule has 2 aromatic heterocycles. The summed E-state index contributed by atoms with van der Waals surface area (Å²) in [5.74, 6) is -0.581. The van der Waals surface area contributed by atoms with Gasteiger partial charge >= 0.3 is 12.2 Å². The van der Waals surface area contributed by atoms with Crippen LogP contribution in [0.5, 0.6) is 0 Å². The largest absolute Gasteiger partial charge is 0.444 e. The fourth-order valence-corrected chi connectivity index (χ4v) is 5.31. The molecule has 3 amide bonds. The third-order valence-electron chi connectivity index (χ3n) is 7.52. The Balaban J connectivity index is 1.38. The Bertz CT molecular complexity index is 1740. The van der Waals surface area contributed by atoms with E-state index in [-0.39, 0.29) is 24.0 Å². The van der Waals surface area contributed by atoms with Gasteiger partial charge in [0.1, 0.15) is 12.2 Å². The molecule has 47 heavy (non-hydrogen) atoms. The normalized spacial score (nSPS) is 15.4. The topological polar surface area (TPSA) is 155 Å². The molecule has 5 rings (SSSR count). The summed E-state index contributed by atoms with van der Waals surface area (Å²) in [5, 5.41) is 19.3. The number of amides is 3. The molecule has 12 nitrogen and oxygen atoms in total. The summed E-state index contributed by atoms with van der Waals surface area (Å²) in [7, 11) is 0. The highest BCUT2D eigenvalue weighted by Gasteiger charge is 2.27. The minimum absolute atomic E-state index is 0.0465. The molecule has 1 saturated heterocycles. The number of ether oxygens (including phenoxy) is 2. The van der Waals surface area contributed by atoms with E-state index in [0.717, 1.165) is 24.1 Å². The molecule has 0 spiro atoms. The van der Waals surface area contributed by atoms with Crippen molar-refractivity contribution in [2.75, 3.05) is 28.6 Å².